The summed E-state index contributed by atoms with van der Waals surface area (Å²) in [6.07, 6.45) is 11.7. The Morgan fingerprint density at radius 1 is 0.694 bits per heavy atom. The van der Waals surface area contributed by atoms with Crippen molar-refractivity contribution in [2.75, 3.05) is 13.2 Å². The van der Waals surface area contributed by atoms with Crippen molar-refractivity contribution in [1.29, 1.82) is 5.26 Å². The minimum atomic E-state index is -0.685. The minimum Gasteiger partial charge on any atom is -0.508 e. The maximum Gasteiger partial charge on any atom is 0.311 e. The second kappa shape index (κ2) is 22.1. The van der Waals surface area contributed by atoms with Crippen LogP contribution in [0, 0.1) is 23.2 Å². The van der Waals surface area contributed by atoms with Gasteiger partial charge in [-0.1, -0.05) is 103 Å². The van der Waals surface area contributed by atoms with Gasteiger partial charge in [-0.25, -0.2) is 0 Å². The summed E-state index contributed by atoms with van der Waals surface area (Å²) in [5.41, 5.74) is 3.72. The third-order valence-corrected chi connectivity index (χ3v) is 10.9. The van der Waals surface area contributed by atoms with Crippen molar-refractivity contribution in [1.82, 2.24) is 4.98 Å². The topological polar surface area (TPSA) is 146 Å². The molecule has 0 unspecified atom stereocenters. The standard InChI is InChI=1S/C50H47ClN2O9/c51-41-19-9-7-17-39(41)50-58-33-38(48(62-50)40-18-8-10-20-42(40)54)15-4-2-6-24-46(56)60-44-22-12-11-21-43(44)59-45(55)23-5-1-3-14-37-32-57-49(35-27-25-34(30-52)26-28-35)61-47(37)36-16-13-29-53-31-36/h1-4,7-13,16-22,25-29,31,37-38,47-50,54H,5-6,14-15,23-24,32-33H2/b3-1-,4-2-/t37-,38-,47-,48+,49+,50+/m1/s1. The van der Waals surface area contributed by atoms with Gasteiger partial charge in [-0.05, 0) is 73.7 Å². The number of phenols is 1. The zero-order chi connectivity index (χ0) is 43.1. The van der Waals surface area contributed by atoms with E-state index in [2.05, 4.69) is 11.1 Å². The largest absolute Gasteiger partial charge is 0.508 e. The number of halogens is 1. The fourth-order valence-corrected chi connectivity index (χ4v) is 7.59. The number of para-hydroxylation sites is 3. The van der Waals surface area contributed by atoms with E-state index in [0.717, 1.165) is 16.7 Å². The summed E-state index contributed by atoms with van der Waals surface area (Å²) in [7, 11) is 0. The summed E-state index contributed by atoms with van der Waals surface area (Å²) >= 11 is 6.44. The van der Waals surface area contributed by atoms with Gasteiger partial charge in [-0.15, -0.1) is 0 Å². The van der Waals surface area contributed by atoms with E-state index in [1.54, 1.807) is 67.0 Å². The van der Waals surface area contributed by atoms with E-state index in [1.807, 2.05) is 78.9 Å². The maximum absolute atomic E-state index is 12.9. The molecule has 0 radical (unpaired) electrons. The molecule has 7 rings (SSSR count). The van der Waals surface area contributed by atoms with E-state index in [1.165, 1.54) is 0 Å². The van der Waals surface area contributed by atoms with Crippen molar-refractivity contribution in [3.05, 3.63) is 179 Å². The molecule has 0 spiro atoms. The van der Waals surface area contributed by atoms with Gasteiger partial charge in [0.2, 0.25) is 0 Å². The van der Waals surface area contributed by atoms with Crippen LogP contribution in [-0.4, -0.2) is 35.2 Å². The number of benzene rings is 4. The number of nitriles is 1. The number of aromatic nitrogens is 1. The Kier molecular flexibility index (Phi) is 15.7. The highest BCUT2D eigenvalue weighted by Gasteiger charge is 2.36. The summed E-state index contributed by atoms with van der Waals surface area (Å²) < 4.78 is 36.2. The third kappa shape index (κ3) is 11.8. The van der Waals surface area contributed by atoms with Gasteiger partial charge in [0.25, 0.3) is 0 Å². The van der Waals surface area contributed by atoms with Crippen LogP contribution in [0.15, 0.2) is 146 Å². The average molecular weight is 855 g/mol. The molecule has 1 N–H and O–H groups in total. The number of carbonyl (C=O) groups excluding carboxylic acids is 2. The predicted molar refractivity (Wildman–Crippen MR) is 231 cm³/mol. The van der Waals surface area contributed by atoms with Gasteiger partial charge < -0.3 is 33.5 Å². The molecule has 4 aromatic carbocycles. The van der Waals surface area contributed by atoms with Crippen molar-refractivity contribution in [3.63, 3.8) is 0 Å². The van der Waals surface area contributed by atoms with E-state index < -0.39 is 30.6 Å². The number of hydrogen-bond donors (Lipinski definition) is 1. The number of pyridine rings is 1. The first-order valence-corrected chi connectivity index (χ1v) is 21.0. The van der Waals surface area contributed by atoms with E-state index in [-0.39, 0.29) is 48.0 Å². The Labute approximate surface area is 366 Å². The molecule has 3 heterocycles. The first-order valence-electron chi connectivity index (χ1n) is 20.6. The van der Waals surface area contributed by atoms with Gasteiger partial charge in [0.15, 0.2) is 24.1 Å². The van der Waals surface area contributed by atoms with Gasteiger partial charge in [0.1, 0.15) is 5.75 Å². The molecule has 0 saturated carbocycles. The zero-order valence-corrected chi connectivity index (χ0v) is 34.7. The van der Waals surface area contributed by atoms with Gasteiger partial charge in [-0.2, -0.15) is 5.26 Å². The van der Waals surface area contributed by atoms with Crippen LogP contribution in [0.3, 0.4) is 0 Å². The Bertz CT molecular complexity index is 2360. The quantitative estimate of drug-likeness (QED) is 0.0575. The number of allylic oxidation sites excluding steroid dienone is 4. The molecule has 11 nitrogen and oxygen atoms in total. The molecule has 6 atom stereocenters. The molecular formula is C50H47ClN2O9. The molecule has 2 saturated heterocycles. The van der Waals surface area contributed by atoms with Gasteiger partial charge in [0, 0.05) is 58.8 Å². The highest BCUT2D eigenvalue weighted by atomic mass is 35.5. The zero-order valence-electron chi connectivity index (χ0n) is 34.0. The second-order valence-corrected chi connectivity index (χ2v) is 15.4. The first kappa shape index (κ1) is 43.9. The van der Waals surface area contributed by atoms with E-state index >= 15 is 0 Å². The summed E-state index contributed by atoms with van der Waals surface area (Å²) in [6, 6.07) is 34.2. The van der Waals surface area contributed by atoms with Crippen LogP contribution < -0.4 is 9.47 Å². The fourth-order valence-electron chi connectivity index (χ4n) is 7.36. The lowest BCUT2D eigenvalue weighted by atomic mass is 9.91. The van der Waals surface area contributed by atoms with Crippen LogP contribution in [0.5, 0.6) is 17.2 Å². The number of esters is 2. The number of hydrogen-bond acceptors (Lipinski definition) is 11. The third-order valence-electron chi connectivity index (χ3n) is 10.6. The molecule has 5 aromatic rings. The molecule has 2 fully saturated rings. The minimum absolute atomic E-state index is 0.00587. The number of rotatable bonds is 16. The lowest BCUT2D eigenvalue weighted by Crippen LogP contribution is -2.30. The lowest BCUT2D eigenvalue weighted by molar-refractivity contribution is -0.244. The first-order chi connectivity index (χ1) is 30.4. The summed E-state index contributed by atoms with van der Waals surface area (Å²) in [5, 5.41) is 20.4. The Hall–Kier alpha value is -6.13. The maximum atomic E-state index is 12.9. The van der Waals surface area contributed by atoms with Gasteiger partial charge in [0.05, 0.1) is 37.1 Å². The average Bonchev–Trinajstić information content (AvgIpc) is 3.30. The molecule has 2 aliphatic rings. The number of ether oxygens (including phenoxy) is 6. The molecule has 1 aromatic heterocycles. The van der Waals surface area contributed by atoms with E-state index in [9.17, 15) is 14.7 Å². The van der Waals surface area contributed by atoms with Crippen LogP contribution in [0.4, 0.5) is 0 Å². The van der Waals surface area contributed by atoms with Crippen LogP contribution in [0.25, 0.3) is 0 Å². The number of aromatic hydroxyl groups is 1. The summed E-state index contributed by atoms with van der Waals surface area (Å²) in [4.78, 5) is 30.0. The van der Waals surface area contributed by atoms with Crippen LogP contribution in [-0.2, 0) is 28.5 Å². The predicted octanol–water partition coefficient (Wildman–Crippen LogP) is 10.8. The molecule has 12 heteroatoms. The van der Waals surface area contributed by atoms with Gasteiger partial charge in [-0.3, -0.25) is 14.6 Å². The highest BCUT2D eigenvalue weighted by molar-refractivity contribution is 6.31. The smallest absolute Gasteiger partial charge is 0.311 e. The summed E-state index contributed by atoms with van der Waals surface area (Å²) in [6.45, 7) is 0.816. The number of phenolic OH excluding ortho intramolecular Hbond substituents is 1. The number of nitrogens with zero attached hydrogens (tertiary/aromatic N) is 2. The molecule has 0 bridgehead atoms. The van der Waals surface area contributed by atoms with Crippen molar-refractivity contribution in [3.8, 4) is 23.3 Å². The van der Waals surface area contributed by atoms with Crippen LogP contribution >= 0.6 is 11.6 Å². The molecule has 318 valence electrons. The Morgan fingerprint density at radius 2 is 1.27 bits per heavy atom. The Morgan fingerprint density at radius 3 is 1.89 bits per heavy atom. The number of carbonyl (C=O) groups is 2. The van der Waals surface area contributed by atoms with Crippen molar-refractivity contribution in [2.45, 2.75) is 63.3 Å². The van der Waals surface area contributed by atoms with Crippen molar-refractivity contribution in [2.24, 2.45) is 11.8 Å². The van der Waals surface area contributed by atoms with Crippen LogP contribution in [0.2, 0.25) is 5.02 Å². The summed E-state index contributed by atoms with van der Waals surface area (Å²) in [5.74, 6) is -0.557. The normalized spacial score (nSPS) is 21.4. The van der Waals surface area contributed by atoms with Crippen molar-refractivity contribution >= 4 is 23.5 Å². The molecule has 0 aliphatic carbocycles. The van der Waals surface area contributed by atoms with Gasteiger partial charge >= 0.3 is 11.9 Å². The second-order valence-electron chi connectivity index (χ2n) is 15.0. The van der Waals surface area contributed by atoms with E-state index in [0.29, 0.717) is 55.0 Å². The fraction of sp³-hybridized carbons (Fsp3) is 0.280. The van der Waals surface area contributed by atoms with Crippen molar-refractivity contribution < 1.29 is 43.1 Å². The van der Waals surface area contributed by atoms with E-state index in [4.69, 9.17) is 45.3 Å². The lowest BCUT2D eigenvalue weighted by Gasteiger charge is -2.37. The van der Waals surface area contributed by atoms with Crippen LogP contribution in [0.1, 0.15) is 91.1 Å². The molecule has 2 aliphatic heterocycles. The Balaban J connectivity index is 0.856. The monoisotopic (exact) mass is 854 g/mol. The highest BCUT2D eigenvalue weighted by Crippen LogP contribution is 2.44. The SMILES string of the molecule is N#Cc1ccc([C@H]2OC[C@@H](C/C=C\CCC(=O)Oc3ccccc3OC(=O)CC/C=C\C[C@@H]3CO[C@H](c4ccccc4Cl)O[C@@H]3c3ccccc3O)[C@@H](c3cccnc3)O2)cc1. The molecule has 62 heavy (non-hydrogen) atoms. The molecular weight excluding hydrogens is 808 g/mol. The molecule has 0 amide bonds.